The first-order valence-electron chi connectivity index (χ1n) is 27.4. The number of rotatable bonds is 0. The molecular formula is C71H72O8S. The van der Waals surface area contributed by atoms with Crippen LogP contribution in [0.3, 0.4) is 0 Å². The molecule has 0 atom stereocenters. The molecule has 14 rings (SSSR count). The number of Topliss-reactive ketones (excluding diaryl/α,β-unsaturated/α-hetero) is 1. The quantitative estimate of drug-likeness (QED) is 0.109. The highest BCUT2D eigenvalue weighted by Gasteiger charge is 2.42. The lowest BCUT2D eigenvalue weighted by Gasteiger charge is -2.34. The van der Waals surface area contributed by atoms with Crippen LogP contribution >= 0.6 is 0 Å². The number of benzene rings is 8. The lowest BCUT2D eigenvalue weighted by atomic mass is 9.68. The first kappa shape index (κ1) is 57.1. The summed E-state index contributed by atoms with van der Waals surface area (Å²) in [5.41, 5.74) is 15.7. The monoisotopic (exact) mass is 1080 g/mol. The summed E-state index contributed by atoms with van der Waals surface area (Å²) < 4.78 is 38.7. The third-order valence-electron chi connectivity index (χ3n) is 16.3. The first-order valence-corrected chi connectivity index (χ1v) is 28.8. The van der Waals surface area contributed by atoms with E-state index in [1.165, 1.54) is 38.9 Å². The van der Waals surface area contributed by atoms with Crippen molar-refractivity contribution in [3.8, 4) is 11.1 Å². The summed E-state index contributed by atoms with van der Waals surface area (Å²) >= 11 is 0. The molecule has 8 nitrogen and oxygen atoms in total. The standard InChI is InChI=1S/C16H14O.C15H14.C11H12O.C10H10O2.C10H12O.C9H10O3S/c1-16(2)13-9-5-3-7-11(13)15(17)12-8-4-6-10-14(12)16;1-15(2)13-9-5-3-7-11(13)12-8-4-6-10-14(12)15;1-11(2)7-10(12)8-5-3-4-6-9(8)11;1-10(2)8-6-4-3-5-7(8)9(11)12-10;1-10(2)9-6-4-3-5-8(9)7-11-10;1-9(2)7-5-3-4-6-8(7)13(10,11)12-9/h3-10H,1-2H3;3-10H,1-2H3;3-6H,7H2,1-2H3;3-6H,1-2H3;3-6H,7H2,1-2H3;3-6H,1-2H3. The molecule has 80 heavy (non-hydrogen) atoms. The van der Waals surface area contributed by atoms with Crippen LogP contribution < -0.4 is 0 Å². The number of cyclic esters (lactones) is 1. The molecule has 3 heterocycles. The molecule has 8 aromatic carbocycles. The zero-order valence-electron chi connectivity index (χ0n) is 48.1. The third kappa shape index (κ3) is 10.9. The topological polar surface area (TPSA) is 113 Å². The molecule has 3 aliphatic heterocycles. The van der Waals surface area contributed by atoms with Gasteiger partial charge < -0.3 is 9.47 Å². The number of ketones is 2. The van der Waals surface area contributed by atoms with Crippen molar-refractivity contribution in [1.82, 2.24) is 0 Å². The second-order valence-corrected chi connectivity index (χ2v) is 25.8. The number of ether oxygens (including phenoxy) is 2. The highest BCUT2D eigenvalue weighted by molar-refractivity contribution is 7.87. The Kier molecular flexibility index (Phi) is 15.3. The molecule has 3 aliphatic carbocycles. The Labute approximate surface area is 473 Å². The van der Waals surface area contributed by atoms with E-state index in [9.17, 15) is 22.8 Å². The summed E-state index contributed by atoms with van der Waals surface area (Å²) in [6.45, 7) is 25.5. The maximum Gasteiger partial charge on any atom is 0.339 e. The number of carbonyl (C=O) groups excluding carboxylic acids is 3. The van der Waals surface area contributed by atoms with E-state index in [0.717, 1.165) is 45.6 Å². The van der Waals surface area contributed by atoms with Crippen molar-refractivity contribution >= 4 is 27.7 Å². The Balaban J connectivity index is 0.000000117. The third-order valence-corrected chi connectivity index (χ3v) is 17.8. The SMILES string of the molecule is CC1(C)CC(=O)c2ccccc21.CC1(C)OC(=O)c2ccccc21.CC1(C)OCc2ccccc21.CC1(C)OS(=O)(=O)c2ccccc21.CC1(C)c2ccccc2-c2ccccc21.CC1(C)c2ccccc2C(=O)c2ccccc21. The van der Waals surface area contributed by atoms with Gasteiger partial charge in [-0.15, -0.1) is 0 Å². The molecule has 9 heteroatoms. The van der Waals surface area contributed by atoms with E-state index in [0.29, 0.717) is 16.9 Å². The van der Waals surface area contributed by atoms with Crippen molar-refractivity contribution < 1.29 is 36.5 Å². The number of hydrogen-bond acceptors (Lipinski definition) is 8. The Morgan fingerprint density at radius 1 is 0.362 bits per heavy atom. The van der Waals surface area contributed by atoms with Gasteiger partial charge in [0.25, 0.3) is 10.1 Å². The van der Waals surface area contributed by atoms with Gasteiger partial charge in [-0.3, -0.25) is 13.8 Å². The highest BCUT2D eigenvalue weighted by atomic mass is 32.2. The number of fused-ring (bicyclic) bond motifs is 9. The van der Waals surface area contributed by atoms with Crippen molar-refractivity contribution in [2.24, 2.45) is 0 Å². The minimum Gasteiger partial charge on any atom is -0.451 e. The fourth-order valence-electron chi connectivity index (χ4n) is 12.0. The lowest BCUT2D eigenvalue weighted by molar-refractivity contribution is -0.00791. The molecule has 8 aromatic rings. The molecule has 0 amide bonds. The van der Waals surface area contributed by atoms with Crippen LogP contribution in [0.5, 0.6) is 0 Å². The van der Waals surface area contributed by atoms with Crippen LogP contribution in [0.15, 0.2) is 199 Å². The first-order chi connectivity index (χ1) is 37.7. The summed E-state index contributed by atoms with van der Waals surface area (Å²) in [5, 5.41) is 0. The molecular weight excluding hydrogens is 1010 g/mol. The molecule has 0 saturated carbocycles. The second kappa shape index (κ2) is 21.5. The van der Waals surface area contributed by atoms with Gasteiger partial charge >= 0.3 is 5.97 Å². The largest absolute Gasteiger partial charge is 0.451 e. The van der Waals surface area contributed by atoms with Gasteiger partial charge in [0.15, 0.2) is 11.6 Å². The Bertz CT molecular complexity index is 3630. The second-order valence-electron chi connectivity index (χ2n) is 24.2. The van der Waals surface area contributed by atoms with Gasteiger partial charge in [-0.2, -0.15) is 8.42 Å². The van der Waals surface area contributed by atoms with Crippen LogP contribution in [-0.2, 0) is 63.4 Å². The summed E-state index contributed by atoms with van der Waals surface area (Å²) in [6.07, 6.45) is 0.659. The average molecular weight is 1090 g/mol. The van der Waals surface area contributed by atoms with Gasteiger partial charge in [0.2, 0.25) is 0 Å². The molecule has 0 aromatic heterocycles. The van der Waals surface area contributed by atoms with Crippen LogP contribution in [0.2, 0.25) is 0 Å². The van der Waals surface area contributed by atoms with E-state index in [-0.39, 0.29) is 39.4 Å². The normalized spacial score (nSPS) is 18.5. The summed E-state index contributed by atoms with van der Waals surface area (Å²) in [4.78, 5) is 35.4. The number of esters is 1. The van der Waals surface area contributed by atoms with E-state index in [1.54, 1.807) is 38.1 Å². The molecule has 0 unspecified atom stereocenters. The molecule has 0 spiro atoms. The van der Waals surface area contributed by atoms with Gasteiger partial charge in [-0.05, 0) is 109 Å². The van der Waals surface area contributed by atoms with Crippen molar-refractivity contribution in [3.05, 3.63) is 266 Å². The summed E-state index contributed by atoms with van der Waals surface area (Å²) in [6, 6.07) is 63.9. The van der Waals surface area contributed by atoms with E-state index < -0.39 is 21.3 Å². The Morgan fingerprint density at radius 3 is 1.20 bits per heavy atom. The molecule has 0 fully saturated rings. The average Bonchev–Trinajstić information content (AvgIpc) is 4.25. The molecule has 0 bridgehead atoms. The minimum absolute atomic E-state index is 0.0493. The van der Waals surface area contributed by atoms with Crippen LogP contribution in [0.25, 0.3) is 11.1 Å². The van der Waals surface area contributed by atoms with E-state index >= 15 is 0 Å². The van der Waals surface area contributed by atoms with Crippen LogP contribution in [0.4, 0.5) is 0 Å². The fourth-order valence-corrected chi connectivity index (χ4v) is 13.5. The van der Waals surface area contributed by atoms with E-state index in [1.807, 2.05) is 92.7 Å². The predicted molar refractivity (Wildman–Crippen MR) is 318 cm³/mol. The highest BCUT2D eigenvalue weighted by Crippen LogP contribution is 2.48. The smallest absolute Gasteiger partial charge is 0.339 e. The van der Waals surface area contributed by atoms with Crippen molar-refractivity contribution in [2.45, 2.75) is 134 Å². The maximum atomic E-state index is 12.4. The molecule has 410 valence electrons. The Hall–Kier alpha value is -7.56. The van der Waals surface area contributed by atoms with E-state index in [4.69, 9.17) is 13.7 Å². The zero-order chi connectivity index (χ0) is 57.6. The lowest BCUT2D eigenvalue weighted by Crippen LogP contribution is -2.30. The van der Waals surface area contributed by atoms with Gasteiger partial charge in [0, 0.05) is 45.1 Å². The van der Waals surface area contributed by atoms with Crippen LogP contribution in [-0.4, -0.2) is 26.0 Å². The van der Waals surface area contributed by atoms with Gasteiger partial charge in [0.05, 0.1) is 17.8 Å². The van der Waals surface area contributed by atoms with Crippen molar-refractivity contribution in [3.63, 3.8) is 0 Å². The Morgan fingerprint density at radius 2 is 0.738 bits per heavy atom. The van der Waals surface area contributed by atoms with Gasteiger partial charge in [0.1, 0.15) is 16.1 Å². The predicted octanol–water partition coefficient (Wildman–Crippen LogP) is 16.3. The van der Waals surface area contributed by atoms with Crippen molar-refractivity contribution in [2.75, 3.05) is 0 Å². The van der Waals surface area contributed by atoms with Crippen LogP contribution in [0, 0.1) is 0 Å². The number of carbonyl (C=O) groups is 3. The van der Waals surface area contributed by atoms with Gasteiger partial charge in [-0.1, -0.05) is 224 Å². The molecule has 6 aliphatic rings. The van der Waals surface area contributed by atoms with Gasteiger partial charge in [-0.25, -0.2) is 4.79 Å². The van der Waals surface area contributed by atoms with Crippen molar-refractivity contribution in [1.29, 1.82) is 0 Å². The maximum absolute atomic E-state index is 12.4. The zero-order valence-corrected chi connectivity index (χ0v) is 48.9. The fraction of sp³-hybridized carbons (Fsp3) is 0.282. The van der Waals surface area contributed by atoms with Crippen LogP contribution in [0.1, 0.15) is 176 Å². The molecule has 0 N–H and O–H groups in total. The molecule has 0 radical (unpaired) electrons. The summed E-state index contributed by atoms with van der Waals surface area (Å²) in [5.74, 6) is 0.224. The van der Waals surface area contributed by atoms with E-state index in [2.05, 4.69) is 146 Å². The molecule has 0 saturated heterocycles. The number of hydrogen-bond donors (Lipinski definition) is 0. The minimum atomic E-state index is -3.51. The summed E-state index contributed by atoms with van der Waals surface area (Å²) in [7, 11) is -3.51.